The lowest BCUT2D eigenvalue weighted by atomic mass is 10.2. The minimum Gasteiger partial charge on any atom is -0.477 e. The summed E-state index contributed by atoms with van der Waals surface area (Å²) < 4.78 is 6.27. The van der Waals surface area contributed by atoms with Crippen molar-refractivity contribution in [2.45, 2.75) is 19.6 Å². The number of hydrogen-bond acceptors (Lipinski definition) is 3. The van der Waals surface area contributed by atoms with Crippen LogP contribution in [0, 0.1) is 0 Å². The van der Waals surface area contributed by atoms with Crippen LogP contribution in [0.5, 0.6) is 5.75 Å². The molecule has 1 unspecified atom stereocenters. The molecule has 0 spiro atoms. The summed E-state index contributed by atoms with van der Waals surface area (Å²) in [5.41, 5.74) is 1.06. The molecule has 0 saturated carbocycles. The van der Waals surface area contributed by atoms with Crippen molar-refractivity contribution in [1.82, 2.24) is 4.98 Å². The van der Waals surface area contributed by atoms with Crippen molar-refractivity contribution < 1.29 is 9.53 Å². The zero-order valence-electron chi connectivity index (χ0n) is 10.9. The van der Waals surface area contributed by atoms with E-state index in [0.717, 1.165) is 5.56 Å². The van der Waals surface area contributed by atoms with Gasteiger partial charge in [-0.2, -0.15) is 0 Å². The van der Waals surface area contributed by atoms with Gasteiger partial charge in [-0.15, -0.1) is 0 Å². The quantitative estimate of drug-likeness (QED) is 0.793. The normalized spacial score (nSPS) is 17.6. The van der Waals surface area contributed by atoms with Gasteiger partial charge in [0.25, 0.3) is 5.91 Å². The maximum atomic E-state index is 12.3. The number of hydrogen-bond donors (Lipinski definition) is 0. The third-order valence-corrected chi connectivity index (χ3v) is 3.60. The number of nitrogens with zero attached hydrogens (tertiary/aromatic N) is 2. The standard InChI is InChI=1S/C15H13BrN2O2/c1-10-15(19)18(9-11-5-3-2-4-6-11)14-12(20-10)7-8-13(16)17-14/h2-8,10H,9H2,1H3. The number of anilines is 1. The predicted molar refractivity (Wildman–Crippen MR) is 79.7 cm³/mol. The number of pyridine rings is 1. The van der Waals surface area contributed by atoms with Crippen molar-refractivity contribution in [3.8, 4) is 5.75 Å². The van der Waals surface area contributed by atoms with Gasteiger partial charge in [-0.3, -0.25) is 9.69 Å². The first kappa shape index (κ1) is 13.1. The summed E-state index contributed by atoms with van der Waals surface area (Å²) in [5.74, 6) is 1.12. The van der Waals surface area contributed by atoms with Crippen LogP contribution < -0.4 is 9.64 Å². The number of rotatable bonds is 2. The smallest absolute Gasteiger partial charge is 0.269 e. The van der Waals surface area contributed by atoms with Gasteiger partial charge in [0.15, 0.2) is 17.7 Å². The fourth-order valence-corrected chi connectivity index (χ4v) is 2.48. The number of carbonyl (C=O) groups is 1. The van der Waals surface area contributed by atoms with Crippen molar-refractivity contribution >= 4 is 27.7 Å². The average Bonchev–Trinajstić information content (AvgIpc) is 2.46. The lowest BCUT2D eigenvalue weighted by molar-refractivity contribution is -0.125. The number of aromatic nitrogens is 1. The van der Waals surface area contributed by atoms with Gasteiger partial charge in [0, 0.05) is 0 Å². The Balaban J connectivity index is 2.00. The van der Waals surface area contributed by atoms with E-state index in [1.165, 1.54) is 0 Å². The molecular formula is C15H13BrN2O2. The summed E-state index contributed by atoms with van der Waals surface area (Å²) >= 11 is 3.33. The fourth-order valence-electron chi connectivity index (χ4n) is 2.18. The number of amides is 1. The van der Waals surface area contributed by atoms with E-state index in [1.54, 1.807) is 11.8 Å². The molecule has 0 bridgehead atoms. The van der Waals surface area contributed by atoms with Crippen LogP contribution in [0.4, 0.5) is 5.82 Å². The highest BCUT2D eigenvalue weighted by atomic mass is 79.9. The highest BCUT2D eigenvalue weighted by Crippen LogP contribution is 2.34. The van der Waals surface area contributed by atoms with Gasteiger partial charge in [0.05, 0.1) is 6.54 Å². The first-order valence-electron chi connectivity index (χ1n) is 6.33. The van der Waals surface area contributed by atoms with E-state index in [-0.39, 0.29) is 5.91 Å². The zero-order valence-corrected chi connectivity index (χ0v) is 12.5. The summed E-state index contributed by atoms with van der Waals surface area (Å²) in [6.07, 6.45) is -0.491. The van der Waals surface area contributed by atoms with E-state index in [1.807, 2.05) is 42.5 Å². The molecule has 0 aliphatic carbocycles. The summed E-state index contributed by atoms with van der Waals surface area (Å²) in [6.45, 7) is 2.25. The van der Waals surface area contributed by atoms with E-state index in [9.17, 15) is 4.79 Å². The average molecular weight is 333 g/mol. The molecule has 2 aromatic rings. The molecule has 1 aliphatic heterocycles. The molecule has 2 heterocycles. The Hall–Kier alpha value is -1.88. The summed E-state index contributed by atoms with van der Waals surface area (Å²) in [6, 6.07) is 13.5. The van der Waals surface area contributed by atoms with E-state index in [0.29, 0.717) is 22.7 Å². The highest BCUT2D eigenvalue weighted by molar-refractivity contribution is 9.10. The molecule has 4 nitrogen and oxygen atoms in total. The molecule has 0 saturated heterocycles. The fraction of sp³-hybridized carbons (Fsp3) is 0.200. The van der Waals surface area contributed by atoms with E-state index >= 15 is 0 Å². The second-order valence-corrected chi connectivity index (χ2v) is 5.44. The van der Waals surface area contributed by atoms with Crippen LogP contribution in [-0.4, -0.2) is 17.0 Å². The zero-order chi connectivity index (χ0) is 14.1. The minimum absolute atomic E-state index is 0.0769. The van der Waals surface area contributed by atoms with Gasteiger partial charge in [-0.05, 0) is 40.5 Å². The van der Waals surface area contributed by atoms with Crippen molar-refractivity contribution in [3.63, 3.8) is 0 Å². The first-order valence-corrected chi connectivity index (χ1v) is 7.13. The van der Waals surface area contributed by atoms with Gasteiger partial charge in [-0.1, -0.05) is 30.3 Å². The third-order valence-electron chi connectivity index (χ3n) is 3.16. The number of ether oxygens (including phenoxy) is 1. The largest absolute Gasteiger partial charge is 0.477 e. The molecule has 1 amide bonds. The van der Waals surface area contributed by atoms with Crippen molar-refractivity contribution in [3.05, 3.63) is 52.6 Å². The Morgan fingerprint density at radius 1 is 1.25 bits per heavy atom. The van der Waals surface area contributed by atoms with Gasteiger partial charge in [0.2, 0.25) is 0 Å². The van der Waals surface area contributed by atoms with E-state index < -0.39 is 6.10 Å². The van der Waals surface area contributed by atoms with Gasteiger partial charge < -0.3 is 4.74 Å². The maximum absolute atomic E-state index is 12.3. The van der Waals surface area contributed by atoms with Crippen molar-refractivity contribution in [1.29, 1.82) is 0 Å². The molecule has 1 aromatic heterocycles. The van der Waals surface area contributed by atoms with Crippen LogP contribution in [-0.2, 0) is 11.3 Å². The lowest BCUT2D eigenvalue weighted by Crippen LogP contribution is -2.44. The molecule has 3 rings (SSSR count). The van der Waals surface area contributed by atoms with Crippen molar-refractivity contribution in [2.24, 2.45) is 0 Å². The van der Waals surface area contributed by atoms with Crippen LogP contribution in [0.25, 0.3) is 0 Å². The molecule has 20 heavy (non-hydrogen) atoms. The Morgan fingerprint density at radius 3 is 2.75 bits per heavy atom. The second kappa shape index (κ2) is 5.25. The first-order chi connectivity index (χ1) is 9.65. The number of fused-ring (bicyclic) bond motifs is 1. The Kier molecular flexibility index (Phi) is 3.44. The lowest BCUT2D eigenvalue weighted by Gasteiger charge is -2.32. The number of benzene rings is 1. The molecule has 0 N–H and O–H groups in total. The molecule has 1 aromatic carbocycles. The highest BCUT2D eigenvalue weighted by Gasteiger charge is 2.32. The van der Waals surface area contributed by atoms with Crippen LogP contribution in [0.15, 0.2) is 47.1 Å². The predicted octanol–water partition coefficient (Wildman–Crippen LogP) is 3.16. The van der Waals surface area contributed by atoms with Crippen LogP contribution in [0.3, 0.4) is 0 Å². The van der Waals surface area contributed by atoms with Gasteiger partial charge in [0.1, 0.15) is 4.60 Å². The molecule has 0 radical (unpaired) electrons. The number of halogens is 1. The SMILES string of the molecule is CC1Oc2ccc(Br)nc2N(Cc2ccccc2)C1=O. The third kappa shape index (κ3) is 2.41. The van der Waals surface area contributed by atoms with Crippen molar-refractivity contribution in [2.75, 3.05) is 4.90 Å². The summed E-state index contributed by atoms with van der Waals surface area (Å²) in [4.78, 5) is 18.4. The molecule has 0 fully saturated rings. The summed E-state index contributed by atoms with van der Waals surface area (Å²) in [5, 5.41) is 0. The Morgan fingerprint density at radius 2 is 2.00 bits per heavy atom. The maximum Gasteiger partial charge on any atom is 0.269 e. The van der Waals surface area contributed by atoms with E-state index in [2.05, 4.69) is 20.9 Å². The number of carbonyl (C=O) groups excluding carboxylic acids is 1. The topological polar surface area (TPSA) is 42.4 Å². The minimum atomic E-state index is -0.491. The van der Waals surface area contributed by atoms with Gasteiger partial charge in [-0.25, -0.2) is 4.98 Å². The molecule has 5 heteroatoms. The van der Waals surface area contributed by atoms with Crippen LogP contribution in [0.1, 0.15) is 12.5 Å². The van der Waals surface area contributed by atoms with Gasteiger partial charge >= 0.3 is 0 Å². The Bertz CT molecular complexity index is 646. The Labute approximate surface area is 125 Å². The molecular weight excluding hydrogens is 320 g/mol. The van der Waals surface area contributed by atoms with Crippen LogP contribution in [0.2, 0.25) is 0 Å². The molecule has 1 atom stereocenters. The monoisotopic (exact) mass is 332 g/mol. The van der Waals surface area contributed by atoms with E-state index in [4.69, 9.17) is 4.74 Å². The molecule has 102 valence electrons. The molecule has 1 aliphatic rings. The van der Waals surface area contributed by atoms with Crippen LogP contribution >= 0.6 is 15.9 Å². The second-order valence-electron chi connectivity index (χ2n) is 4.63. The summed E-state index contributed by atoms with van der Waals surface area (Å²) in [7, 11) is 0.